The zero-order chi connectivity index (χ0) is 26.7. The molecule has 1 fully saturated rings. The molecule has 0 saturated heterocycles. The van der Waals surface area contributed by atoms with Crippen molar-refractivity contribution in [3.8, 4) is 11.3 Å². The van der Waals surface area contributed by atoms with E-state index in [9.17, 15) is 14.7 Å². The highest BCUT2D eigenvalue weighted by atomic mass is 32.1. The first-order valence-electron chi connectivity index (χ1n) is 13.1. The minimum absolute atomic E-state index is 0.112. The number of nitrogens with one attached hydrogen (secondary N) is 1. The fraction of sp³-hybridized carbons (Fsp3) is 0.281. The van der Waals surface area contributed by atoms with Crippen molar-refractivity contribution in [1.82, 2.24) is 4.98 Å². The van der Waals surface area contributed by atoms with E-state index in [0.717, 1.165) is 27.5 Å². The second-order valence-electron chi connectivity index (χ2n) is 10.5. The lowest BCUT2D eigenvalue weighted by atomic mass is 9.84. The molecule has 5 rings (SSSR count). The summed E-state index contributed by atoms with van der Waals surface area (Å²) in [5.41, 5.74) is 5.51. The Morgan fingerprint density at radius 2 is 1.50 bits per heavy atom. The van der Waals surface area contributed by atoms with Gasteiger partial charge < -0.3 is 10.4 Å². The third-order valence-electron chi connectivity index (χ3n) is 7.58. The number of aromatic nitrogens is 1. The highest BCUT2D eigenvalue weighted by Gasteiger charge is 2.27. The van der Waals surface area contributed by atoms with E-state index in [1.54, 1.807) is 23.5 Å². The predicted molar refractivity (Wildman–Crippen MR) is 153 cm³/mol. The van der Waals surface area contributed by atoms with Crippen molar-refractivity contribution >= 4 is 28.9 Å². The summed E-state index contributed by atoms with van der Waals surface area (Å²) in [6.45, 7) is 4.18. The Bertz CT molecular complexity index is 1420. The number of benzene rings is 3. The number of hydrogen-bond acceptors (Lipinski definition) is 4. The number of carbonyl (C=O) groups excluding carboxylic acids is 1. The van der Waals surface area contributed by atoms with Gasteiger partial charge in [0.25, 0.3) is 5.91 Å². The number of anilines is 1. The van der Waals surface area contributed by atoms with Gasteiger partial charge in [-0.25, -0.2) is 9.78 Å². The number of carboxylic acid groups (broad SMARTS) is 1. The van der Waals surface area contributed by atoms with Gasteiger partial charge in [0.05, 0.1) is 11.3 Å². The quantitative estimate of drug-likeness (QED) is 0.256. The van der Waals surface area contributed by atoms with E-state index in [1.165, 1.54) is 37.7 Å². The van der Waals surface area contributed by atoms with Gasteiger partial charge in [-0.3, -0.25) is 4.79 Å². The van der Waals surface area contributed by atoms with Gasteiger partial charge in [-0.1, -0.05) is 55.7 Å². The molecule has 0 spiro atoms. The summed E-state index contributed by atoms with van der Waals surface area (Å²) in [7, 11) is 0. The first-order chi connectivity index (χ1) is 18.3. The van der Waals surface area contributed by atoms with E-state index in [2.05, 4.69) is 31.3 Å². The van der Waals surface area contributed by atoms with Crippen LogP contribution < -0.4 is 5.32 Å². The average molecular weight is 525 g/mol. The van der Waals surface area contributed by atoms with Crippen LogP contribution in [0.5, 0.6) is 0 Å². The molecule has 4 aromatic rings. The average Bonchev–Trinajstić information content (AvgIpc) is 3.45. The molecule has 0 aliphatic heterocycles. The molecule has 6 heteroatoms. The van der Waals surface area contributed by atoms with Crippen LogP contribution in [0.3, 0.4) is 0 Å². The van der Waals surface area contributed by atoms with E-state index in [4.69, 9.17) is 4.98 Å². The minimum Gasteiger partial charge on any atom is -0.478 e. The highest BCUT2D eigenvalue weighted by Crippen LogP contribution is 2.36. The van der Waals surface area contributed by atoms with Crippen molar-refractivity contribution in [2.24, 2.45) is 0 Å². The SMILES string of the molecule is CC(C)(c1ccc(C(=O)O)cc1)c1nc(-c2ccc(NC(=O)c3ccc(C4CCCCC4)cc3)cc2)cs1. The standard InChI is InChI=1S/C32H32N2O3S/c1-32(2,26-16-12-25(13-17-26)30(36)37)31-34-28(20-38-31)23-14-18-27(19-15-23)33-29(35)24-10-8-22(9-11-24)21-6-4-3-5-7-21/h8-21H,3-7H2,1-2H3,(H,33,35)(H,36,37). The number of carboxylic acids is 1. The lowest BCUT2D eigenvalue weighted by Gasteiger charge is -2.22. The fourth-order valence-corrected chi connectivity index (χ4v) is 6.09. The Morgan fingerprint density at radius 3 is 2.13 bits per heavy atom. The second-order valence-corrected chi connectivity index (χ2v) is 11.4. The maximum Gasteiger partial charge on any atom is 0.335 e. The van der Waals surface area contributed by atoms with Crippen LogP contribution in [0.25, 0.3) is 11.3 Å². The van der Waals surface area contributed by atoms with Crippen molar-refractivity contribution in [2.45, 2.75) is 57.3 Å². The third kappa shape index (κ3) is 5.55. The summed E-state index contributed by atoms with van der Waals surface area (Å²) in [5, 5.41) is 15.2. The van der Waals surface area contributed by atoms with Crippen molar-refractivity contribution in [1.29, 1.82) is 0 Å². The Morgan fingerprint density at radius 1 is 0.868 bits per heavy atom. The molecule has 1 heterocycles. The zero-order valence-electron chi connectivity index (χ0n) is 21.7. The maximum absolute atomic E-state index is 12.8. The number of nitrogens with zero attached hydrogens (tertiary/aromatic N) is 1. The zero-order valence-corrected chi connectivity index (χ0v) is 22.6. The van der Waals surface area contributed by atoms with Crippen LogP contribution in [0.1, 0.15) is 88.7 Å². The van der Waals surface area contributed by atoms with Gasteiger partial charge in [-0.05, 0) is 80.1 Å². The molecule has 1 aliphatic rings. The number of aromatic carboxylic acids is 1. The molecule has 2 N–H and O–H groups in total. The first-order valence-corrected chi connectivity index (χ1v) is 14.0. The van der Waals surface area contributed by atoms with E-state index in [-0.39, 0.29) is 16.9 Å². The van der Waals surface area contributed by atoms with Crippen LogP contribution in [0.15, 0.2) is 78.2 Å². The van der Waals surface area contributed by atoms with E-state index < -0.39 is 5.97 Å². The van der Waals surface area contributed by atoms with Gasteiger partial charge in [0.15, 0.2) is 0 Å². The molecule has 0 bridgehead atoms. The van der Waals surface area contributed by atoms with Gasteiger partial charge in [0.2, 0.25) is 0 Å². The Hall–Kier alpha value is -3.77. The van der Waals surface area contributed by atoms with Crippen LogP contribution in [0, 0.1) is 0 Å². The van der Waals surface area contributed by atoms with Crippen molar-refractivity contribution in [2.75, 3.05) is 5.32 Å². The predicted octanol–water partition coefficient (Wildman–Crippen LogP) is 8.13. The summed E-state index contributed by atoms with van der Waals surface area (Å²) < 4.78 is 0. The Kier molecular flexibility index (Phi) is 7.43. The normalized spacial score (nSPS) is 14.3. The summed E-state index contributed by atoms with van der Waals surface area (Å²) in [5.74, 6) is -0.416. The second kappa shape index (κ2) is 10.9. The van der Waals surface area contributed by atoms with Gasteiger partial charge in [-0.15, -0.1) is 11.3 Å². The van der Waals surface area contributed by atoms with Crippen LogP contribution >= 0.6 is 11.3 Å². The molecule has 1 amide bonds. The molecule has 0 radical (unpaired) electrons. The molecule has 0 atom stereocenters. The van der Waals surface area contributed by atoms with Crippen molar-refractivity contribution in [3.05, 3.63) is 105 Å². The summed E-state index contributed by atoms with van der Waals surface area (Å²) in [4.78, 5) is 28.9. The molecule has 194 valence electrons. The number of hydrogen-bond donors (Lipinski definition) is 2. The van der Waals surface area contributed by atoms with Crippen LogP contribution in [0.4, 0.5) is 5.69 Å². The van der Waals surface area contributed by atoms with Gasteiger partial charge in [-0.2, -0.15) is 0 Å². The summed E-state index contributed by atoms with van der Waals surface area (Å²) >= 11 is 1.58. The monoisotopic (exact) mass is 524 g/mol. The number of thiazole rings is 1. The Labute approximate surface area is 227 Å². The third-order valence-corrected chi connectivity index (χ3v) is 8.75. The van der Waals surface area contributed by atoms with Crippen LogP contribution in [-0.2, 0) is 5.41 Å². The molecule has 1 saturated carbocycles. The van der Waals surface area contributed by atoms with E-state index in [0.29, 0.717) is 11.5 Å². The fourth-order valence-electron chi connectivity index (χ4n) is 5.12. The lowest BCUT2D eigenvalue weighted by Crippen LogP contribution is -2.18. The van der Waals surface area contributed by atoms with Crippen LogP contribution in [0.2, 0.25) is 0 Å². The lowest BCUT2D eigenvalue weighted by molar-refractivity contribution is 0.0696. The molecular formula is C32H32N2O3S. The smallest absolute Gasteiger partial charge is 0.335 e. The van der Waals surface area contributed by atoms with Crippen LogP contribution in [-0.4, -0.2) is 22.0 Å². The van der Waals surface area contributed by atoms with Crippen molar-refractivity contribution < 1.29 is 14.7 Å². The molecule has 3 aromatic carbocycles. The molecule has 38 heavy (non-hydrogen) atoms. The molecule has 1 aromatic heterocycles. The number of rotatable bonds is 7. The molecule has 5 nitrogen and oxygen atoms in total. The summed E-state index contributed by atoms with van der Waals surface area (Å²) in [6, 6.07) is 22.8. The topological polar surface area (TPSA) is 79.3 Å². The first kappa shape index (κ1) is 25.9. The Balaban J connectivity index is 1.24. The van der Waals surface area contributed by atoms with E-state index >= 15 is 0 Å². The van der Waals surface area contributed by atoms with Gasteiger partial charge in [0.1, 0.15) is 5.01 Å². The molecular weight excluding hydrogens is 492 g/mol. The van der Waals surface area contributed by atoms with Gasteiger partial charge >= 0.3 is 5.97 Å². The van der Waals surface area contributed by atoms with Gasteiger partial charge in [0, 0.05) is 27.6 Å². The summed E-state index contributed by atoms with van der Waals surface area (Å²) in [6.07, 6.45) is 6.42. The highest BCUT2D eigenvalue weighted by molar-refractivity contribution is 7.10. The maximum atomic E-state index is 12.8. The molecule has 0 unspecified atom stereocenters. The number of amides is 1. The van der Waals surface area contributed by atoms with Crippen molar-refractivity contribution in [3.63, 3.8) is 0 Å². The largest absolute Gasteiger partial charge is 0.478 e. The minimum atomic E-state index is -0.932. The van der Waals surface area contributed by atoms with E-state index in [1.807, 2.05) is 53.9 Å². The number of carbonyl (C=O) groups is 2. The molecule has 1 aliphatic carbocycles.